The fraction of sp³-hybridized carbons (Fsp3) is 0.263. The first-order chi connectivity index (χ1) is 13.3. The van der Waals surface area contributed by atoms with Crippen molar-refractivity contribution in [2.24, 2.45) is 0 Å². The van der Waals surface area contributed by atoms with Gasteiger partial charge in [0.1, 0.15) is 11.6 Å². The summed E-state index contributed by atoms with van der Waals surface area (Å²) in [6.45, 7) is 2.16. The molecule has 0 saturated heterocycles. The maximum Gasteiger partial charge on any atom is 0.339 e. The van der Waals surface area contributed by atoms with Crippen LogP contribution < -0.4 is 14.8 Å². The first-order valence-corrected chi connectivity index (χ1v) is 8.79. The maximum atomic E-state index is 13.6. The number of esters is 1. The smallest absolute Gasteiger partial charge is 0.339 e. The molecule has 1 N–H and O–H groups in total. The SMILES string of the molecule is C[C@@H](OC(=O)c1cc(Cl)c2c(c1)OCCCO2)C(=O)Nc1ccc(F)cc1F. The van der Waals surface area contributed by atoms with Crippen LogP contribution in [-0.4, -0.2) is 31.2 Å². The van der Waals surface area contributed by atoms with Gasteiger partial charge in [-0.2, -0.15) is 0 Å². The quantitative estimate of drug-likeness (QED) is 0.771. The molecule has 148 valence electrons. The number of anilines is 1. The van der Waals surface area contributed by atoms with E-state index in [9.17, 15) is 18.4 Å². The molecule has 1 heterocycles. The summed E-state index contributed by atoms with van der Waals surface area (Å²) in [6, 6.07) is 5.46. The van der Waals surface area contributed by atoms with Gasteiger partial charge in [-0.25, -0.2) is 13.6 Å². The van der Waals surface area contributed by atoms with Gasteiger partial charge in [0, 0.05) is 12.5 Å². The van der Waals surface area contributed by atoms with E-state index in [1.54, 1.807) is 0 Å². The van der Waals surface area contributed by atoms with E-state index >= 15 is 0 Å². The molecule has 28 heavy (non-hydrogen) atoms. The van der Waals surface area contributed by atoms with Crippen LogP contribution in [0.2, 0.25) is 5.02 Å². The van der Waals surface area contributed by atoms with Gasteiger partial charge in [-0.05, 0) is 31.2 Å². The number of amides is 1. The Morgan fingerprint density at radius 3 is 2.68 bits per heavy atom. The van der Waals surface area contributed by atoms with Crippen LogP contribution in [0.3, 0.4) is 0 Å². The van der Waals surface area contributed by atoms with Crippen molar-refractivity contribution in [1.82, 2.24) is 0 Å². The number of hydrogen-bond donors (Lipinski definition) is 1. The highest BCUT2D eigenvalue weighted by Gasteiger charge is 2.23. The minimum atomic E-state index is -1.24. The van der Waals surface area contributed by atoms with Crippen LogP contribution in [-0.2, 0) is 9.53 Å². The minimum absolute atomic E-state index is 0.0712. The first kappa shape index (κ1) is 19.9. The molecular formula is C19H16ClF2NO5. The molecule has 1 aliphatic heterocycles. The lowest BCUT2D eigenvalue weighted by atomic mass is 10.2. The average molecular weight is 412 g/mol. The summed E-state index contributed by atoms with van der Waals surface area (Å²) in [5.74, 6) is -2.67. The third kappa shape index (κ3) is 4.51. The summed E-state index contributed by atoms with van der Waals surface area (Å²) in [5, 5.41) is 2.41. The molecule has 1 aliphatic rings. The fourth-order valence-corrected chi connectivity index (χ4v) is 2.72. The van der Waals surface area contributed by atoms with Gasteiger partial charge in [0.25, 0.3) is 5.91 Å². The zero-order valence-electron chi connectivity index (χ0n) is 14.8. The second kappa shape index (κ2) is 8.43. The Kier molecular flexibility index (Phi) is 5.99. The number of halogens is 3. The normalized spacial score (nSPS) is 14.0. The van der Waals surface area contributed by atoms with Crippen molar-refractivity contribution in [2.75, 3.05) is 18.5 Å². The highest BCUT2D eigenvalue weighted by atomic mass is 35.5. The number of nitrogens with one attached hydrogen (secondary N) is 1. The van der Waals surface area contributed by atoms with Crippen LogP contribution in [0.15, 0.2) is 30.3 Å². The lowest BCUT2D eigenvalue weighted by Gasteiger charge is -2.15. The lowest BCUT2D eigenvalue weighted by molar-refractivity contribution is -0.123. The summed E-state index contributed by atoms with van der Waals surface area (Å²) in [7, 11) is 0. The molecule has 0 aromatic heterocycles. The molecule has 0 fully saturated rings. The average Bonchev–Trinajstić information content (AvgIpc) is 2.89. The van der Waals surface area contributed by atoms with E-state index in [1.807, 2.05) is 0 Å². The van der Waals surface area contributed by atoms with Gasteiger partial charge in [0.15, 0.2) is 17.6 Å². The number of ether oxygens (including phenoxy) is 3. The summed E-state index contributed by atoms with van der Waals surface area (Å²) in [4.78, 5) is 24.5. The fourth-order valence-electron chi connectivity index (χ4n) is 2.46. The van der Waals surface area contributed by atoms with E-state index < -0.39 is 29.6 Å². The number of carbonyl (C=O) groups excluding carboxylic acids is 2. The molecule has 1 amide bonds. The van der Waals surface area contributed by atoms with Gasteiger partial charge in [0.05, 0.1) is 29.5 Å². The second-order valence-corrected chi connectivity index (χ2v) is 6.40. The molecule has 2 aromatic carbocycles. The van der Waals surface area contributed by atoms with Crippen LogP contribution in [0.4, 0.5) is 14.5 Å². The Morgan fingerprint density at radius 2 is 1.93 bits per heavy atom. The number of rotatable bonds is 4. The van der Waals surface area contributed by atoms with Crippen molar-refractivity contribution in [3.63, 3.8) is 0 Å². The van der Waals surface area contributed by atoms with Gasteiger partial charge >= 0.3 is 5.97 Å². The minimum Gasteiger partial charge on any atom is -0.489 e. The highest BCUT2D eigenvalue weighted by molar-refractivity contribution is 6.32. The third-order valence-electron chi connectivity index (χ3n) is 3.88. The van der Waals surface area contributed by atoms with Crippen molar-refractivity contribution in [2.45, 2.75) is 19.4 Å². The van der Waals surface area contributed by atoms with Gasteiger partial charge < -0.3 is 19.5 Å². The molecule has 6 nitrogen and oxygen atoms in total. The van der Waals surface area contributed by atoms with Crippen LogP contribution in [0.1, 0.15) is 23.7 Å². The number of hydrogen-bond acceptors (Lipinski definition) is 5. The van der Waals surface area contributed by atoms with Crippen molar-refractivity contribution < 1.29 is 32.6 Å². The monoisotopic (exact) mass is 411 g/mol. The zero-order chi connectivity index (χ0) is 20.3. The van der Waals surface area contributed by atoms with Crippen LogP contribution in [0, 0.1) is 11.6 Å². The Hall–Kier alpha value is -2.87. The Labute approximate surface area is 164 Å². The first-order valence-electron chi connectivity index (χ1n) is 8.41. The van der Waals surface area contributed by atoms with E-state index in [0.29, 0.717) is 37.2 Å². The van der Waals surface area contributed by atoms with Gasteiger partial charge in [-0.1, -0.05) is 11.6 Å². The van der Waals surface area contributed by atoms with Gasteiger partial charge in [0.2, 0.25) is 0 Å². The van der Waals surface area contributed by atoms with Crippen molar-refractivity contribution in [1.29, 1.82) is 0 Å². The molecule has 9 heteroatoms. The topological polar surface area (TPSA) is 73.9 Å². The maximum absolute atomic E-state index is 13.6. The van der Waals surface area contributed by atoms with Gasteiger partial charge in [-0.15, -0.1) is 0 Å². The Bertz CT molecular complexity index is 921. The summed E-state index contributed by atoms with van der Waals surface area (Å²) >= 11 is 6.14. The third-order valence-corrected chi connectivity index (χ3v) is 4.16. The van der Waals surface area contributed by atoms with E-state index in [4.69, 9.17) is 25.8 Å². The largest absolute Gasteiger partial charge is 0.489 e. The molecule has 0 saturated carbocycles. The molecule has 3 rings (SSSR count). The van der Waals surface area contributed by atoms with E-state index in [0.717, 1.165) is 12.1 Å². The number of carbonyl (C=O) groups is 2. The lowest BCUT2D eigenvalue weighted by Crippen LogP contribution is -2.30. The molecule has 2 aromatic rings. The standard InChI is InChI=1S/C19H16ClF2NO5/c1-10(18(24)23-15-4-3-12(21)9-14(15)22)28-19(25)11-7-13(20)17-16(8-11)26-5-2-6-27-17/h3-4,7-10H,2,5-6H2,1H3,(H,23,24)/t10-/m1/s1. The molecule has 0 bridgehead atoms. The Morgan fingerprint density at radius 1 is 1.18 bits per heavy atom. The number of benzene rings is 2. The number of fused-ring (bicyclic) bond motifs is 1. The van der Waals surface area contributed by atoms with Crippen LogP contribution >= 0.6 is 11.6 Å². The van der Waals surface area contributed by atoms with Crippen molar-refractivity contribution in [3.05, 3.63) is 52.6 Å². The van der Waals surface area contributed by atoms with E-state index in [-0.39, 0.29) is 16.3 Å². The molecule has 0 aliphatic carbocycles. The summed E-state index contributed by atoms with van der Waals surface area (Å²) < 4.78 is 42.7. The molecule has 0 spiro atoms. The van der Waals surface area contributed by atoms with Crippen LogP contribution in [0.5, 0.6) is 11.5 Å². The van der Waals surface area contributed by atoms with Crippen molar-refractivity contribution >= 4 is 29.2 Å². The molecule has 1 atom stereocenters. The molecule has 0 unspecified atom stereocenters. The van der Waals surface area contributed by atoms with E-state index in [1.165, 1.54) is 19.1 Å². The molecule has 0 radical (unpaired) electrons. The predicted octanol–water partition coefficient (Wildman–Crippen LogP) is 3.96. The second-order valence-electron chi connectivity index (χ2n) is 6.00. The highest BCUT2D eigenvalue weighted by Crippen LogP contribution is 2.38. The zero-order valence-corrected chi connectivity index (χ0v) is 15.5. The van der Waals surface area contributed by atoms with E-state index in [2.05, 4.69) is 5.32 Å². The molecular weight excluding hydrogens is 396 g/mol. The predicted molar refractivity (Wildman–Crippen MR) is 96.9 cm³/mol. The summed E-state index contributed by atoms with van der Waals surface area (Å²) in [5.41, 5.74) is -0.158. The van der Waals surface area contributed by atoms with Crippen LogP contribution in [0.25, 0.3) is 0 Å². The van der Waals surface area contributed by atoms with Gasteiger partial charge in [-0.3, -0.25) is 4.79 Å². The summed E-state index contributed by atoms with van der Waals surface area (Å²) in [6.07, 6.45) is -0.575. The Balaban J connectivity index is 1.69. The van der Waals surface area contributed by atoms with Crippen molar-refractivity contribution in [3.8, 4) is 11.5 Å².